The standard InChI is InChI=1S/C19H23N5O6/c1-9(10-3-4-11(25)12(5-10)28-2)29-6-13-15(26)16(27)19(30-13)24-8-23-14-17(20)21-7-22-18(14)24/h3-5,7-9,13,15-16,19,25-27H,6H2,1-2H3,(H2,20,21,22)/t9?,13-,15-,16-,19-/m1/s1. The number of methoxy groups -OCH3 is 1. The van der Waals surface area contributed by atoms with Crippen LogP contribution in [0, 0.1) is 0 Å². The SMILES string of the molecule is COc1cc(C(C)OC[C@H]2O[C@@H](n3cnc4c(N)ncnc43)[C@H](O)[C@@H]2O)ccc1O. The Hall–Kier alpha value is -2.99. The molecular formula is C19H23N5O6. The largest absolute Gasteiger partial charge is 0.504 e. The van der Waals surface area contributed by atoms with Crippen LogP contribution in [0.4, 0.5) is 5.82 Å². The first-order chi connectivity index (χ1) is 14.4. The lowest BCUT2D eigenvalue weighted by atomic mass is 10.1. The summed E-state index contributed by atoms with van der Waals surface area (Å²) in [5.74, 6) is 0.583. The van der Waals surface area contributed by atoms with Gasteiger partial charge in [0.15, 0.2) is 29.2 Å². The minimum atomic E-state index is -1.21. The first kappa shape index (κ1) is 20.3. The van der Waals surface area contributed by atoms with Crippen LogP contribution < -0.4 is 10.5 Å². The van der Waals surface area contributed by atoms with Gasteiger partial charge in [-0.25, -0.2) is 15.0 Å². The molecule has 1 aliphatic heterocycles. The van der Waals surface area contributed by atoms with Crippen molar-refractivity contribution in [3.8, 4) is 11.5 Å². The molecule has 3 aromatic rings. The van der Waals surface area contributed by atoms with E-state index in [2.05, 4.69) is 15.0 Å². The molecule has 0 radical (unpaired) electrons. The van der Waals surface area contributed by atoms with E-state index in [1.807, 2.05) is 6.92 Å². The Morgan fingerprint density at radius 1 is 1.23 bits per heavy atom. The predicted octanol–water partition coefficient (Wildman–Crippen LogP) is 0.520. The molecule has 0 aliphatic carbocycles. The molecule has 1 aliphatic rings. The lowest BCUT2D eigenvalue weighted by Gasteiger charge is -2.19. The minimum absolute atomic E-state index is 0.0306. The molecule has 0 amide bonds. The number of phenolic OH excluding ortho intramolecular Hbond substituents is 1. The maximum Gasteiger partial charge on any atom is 0.167 e. The van der Waals surface area contributed by atoms with E-state index < -0.39 is 24.5 Å². The number of phenols is 1. The zero-order chi connectivity index (χ0) is 21.4. The molecule has 1 saturated heterocycles. The third-order valence-electron chi connectivity index (χ3n) is 5.18. The molecule has 2 aromatic heterocycles. The average molecular weight is 417 g/mol. The Morgan fingerprint density at radius 3 is 2.80 bits per heavy atom. The van der Waals surface area contributed by atoms with Crippen LogP contribution in [0.5, 0.6) is 11.5 Å². The number of benzene rings is 1. The first-order valence-corrected chi connectivity index (χ1v) is 9.33. The summed E-state index contributed by atoms with van der Waals surface area (Å²) in [6, 6.07) is 4.91. The molecule has 11 heteroatoms. The van der Waals surface area contributed by atoms with Crippen LogP contribution in [-0.4, -0.2) is 66.9 Å². The monoisotopic (exact) mass is 417 g/mol. The van der Waals surface area contributed by atoms with Gasteiger partial charge >= 0.3 is 0 Å². The number of aromatic nitrogens is 4. The number of ether oxygens (including phenoxy) is 3. The highest BCUT2D eigenvalue weighted by Crippen LogP contribution is 2.34. The van der Waals surface area contributed by atoms with E-state index in [-0.39, 0.29) is 24.3 Å². The summed E-state index contributed by atoms with van der Waals surface area (Å²) in [5, 5.41) is 30.7. The van der Waals surface area contributed by atoms with Crippen molar-refractivity contribution in [2.75, 3.05) is 19.5 Å². The number of nitrogen functional groups attached to an aromatic ring is 1. The third kappa shape index (κ3) is 3.52. The van der Waals surface area contributed by atoms with E-state index in [0.29, 0.717) is 16.9 Å². The highest BCUT2D eigenvalue weighted by Gasteiger charge is 2.44. The number of aromatic hydroxyl groups is 1. The normalized spacial score (nSPS) is 24.9. The van der Waals surface area contributed by atoms with Crippen LogP contribution in [0.25, 0.3) is 11.2 Å². The van der Waals surface area contributed by atoms with Gasteiger partial charge in [0.25, 0.3) is 0 Å². The highest BCUT2D eigenvalue weighted by molar-refractivity contribution is 5.81. The zero-order valence-corrected chi connectivity index (χ0v) is 16.4. The van der Waals surface area contributed by atoms with E-state index >= 15 is 0 Å². The maximum atomic E-state index is 10.5. The van der Waals surface area contributed by atoms with Crippen LogP contribution in [-0.2, 0) is 9.47 Å². The predicted molar refractivity (Wildman–Crippen MR) is 105 cm³/mol. The van der Waals surface area contributed by atoms with Crippen LogP contribution in [0.3, 0.4) is 0 Å². The van der Waals surface area contributed by atoms with Gasteiger partial charge in [-0.15, -0.1) is 0 Å². The molecule has 3 heterocycles. The van der Waals surface area contributed by atoms with Gasteiger partial charge in [-0.05, 0) is 24.6 Å². The summed E-state index contributed by atoms with van der Waals surface area (Å²) in [6.45, 7) is 1.85. The van der Waals surface area contributed by atoms with Crippen molar-refractivity contribution in [3.05, 3.63) is 36.4 Å². The van der Waals surface area contributed by atoms with Crippen LogP contribution in [0.15, 0.2) is 30.9 Å². The number of aliphatic hydroxyl groups excluding tert-OH is 2. The van der Waals surface area contributed by atoms with Crippen LogP contribution in [0.2, 0.25) is 0 Å². The molecule has 1 aromatic carbocycles. The first-order valence-electron chi connectivity index (χ1n) is 9.33. The van der Waals surface area contributed by atoms with Crippen molar-refractivity contribution in [1.82, 2.24) is 19.5 Å². The second-order valence-electron chi connectivity index (χ2n) is 7.04. The molecular weight excluding hydrogens is 394 g/mol. The van der Waals surface area contributed by atoms with Crippen molar-refractivity contribution in [2.24, 2.45) is 0 Å². The number of aliphatic hydroxyl groups is 2. The Balaban J connectivity index is 1.46. The van der Waals surface area contributed by atoms with Crippen molar-refractivity contribution in [2.45, 2.75) is 37.6 Å². The third-order valence-corrected chi connectivity index (χ3v) is 5.18. The van der Waals surface area contributed by atoms with Gasteiger partial charge in [0.05, 0.1) is 26.1 Å². The summed E-state index contributed by atoms with van der Waals surface area (Å²) in [5.41, 5.74) is 7.36. The van der Waals surface area contributed by atoms with Gasteiger partial charge in [0.1, 0.15) is 30.2 Å². The van der Waals surface area contributed by atoms with E-state index in [9.17, 15) is 15.3 Å². The zero-order valence-electron chi connectivity index (χ0n) is 16.4. The molecule has 5 atom stereocenters. The van der Waals surface area contributed by atoms with E-state index in [1.54, 1.807) is 12.1 Å². The van der Waals surface area contributed by atoms with Gasteiger partial charge in [-0.2, -0.15) is 0 Å². The van der Waals surface area contributed by atoms with Crippen molar-refractivity contribution in [3.63, 3.8) is 0 Å². The quantitative estimate of drug-likeness (QED) is 0.445. The molecule has 4 rings (SSSR count). The fraction of sp³-hybridized carbons (Fsp3) is 0.421. The fourth-order valence-electron chi connectivity index (χ4n) is 3.44. The summed E-state index contributed by atoms with van der Waals surface area (Å²) >= 11 is 0. The second-order valence-corrected chi connectivity index (χ2v) is 7.04. The van der Waals surface area contributed by atoms with Crippen LogP contribution >= 0.6 is 0 Å². The average Bonchev–Trinajstić information content (AvgIpc) is 3.29. The number of imidazole rings is 1. The van der Waals surface area contributed by atoms with Crippen molar-refractivity contribution >= 4 is 17.0 Å². The van der Waals surface area contributed by atoms with E-state index in [1.165, 1.54) is 30.4 Å². The molecule has 30 heavy (non-hydrogen) atoms. The van der Waals surface area contributed by atoms with Gasteiger partial charge < -0.3 is 35.3 Å². The van der Waals surface area contributed by atoms with E-state index in [4.69, 9.17) is 19.9 Å². The highest BCUT2D eigenvalue weighted by atomic mass is 16.6. The topological polar surface area (TPSA) is 158 Å². The molecule has 1 unspecified atom stereocenters. The molecule has 1 fully saturated rings. The Kier molecular flexibility index (Phi) is 5.43. The Morgan fingerprint density at radius 2 is 2.03 bits per heavy atom. The molecule has 0 bridgehead atoms. The summed E-state index contributed by atoms with van der Waals surface area (Å²) in [6.07, 6.45) is -1.70. The van der Waals surface area contributed by atoms with Gasteiger partial charge in [0.2, 0.25) is 0 Å². The number of hydrogen-bond donors (Lipinski definition) is 4. The summed E-state index contributed by atoms with van der Waals surface area (Å²) in [7, 11) is 1.47. The Labute approximate surface area is 171 Å². The number of rotatable bonds is 6. The molecule has 160 valence electrons. The van der Waals surface area contributed by atoms with E-state index in [0.717, 1.165) is 5.56 Å². The number of nitrogens with zero attached hydrogens (tertiary/aromatic N) is 4. The lowest BCUT2D eigenvalue weighted by Crippen LogP contribution is -2.34. The Bertz CT molecular complexity index is 1040. The van der Waals surface area contributed by atoms with Gasteiger partial charge in [-0.3, -0.25) is 4.57 Å². The van der Waals surface area contributed by atoms with Crippen molar-refractivity contribution < 1.29 is 29.5 Å². The summed E-state index contributed by atoms with van der Waals surface area (Å²) in [4.78, 5) is 12.2. The molecule has 11 nitrogen and oxygen atoms in total. The van der Waals surface area contributed by atoms with Gasteiger partial charge in [-0.1, -0.05) is 6.07 Å². The minimum Gasteiger partial charge on any atom is -0.504 e. The summed E-state index contributed by atoms with van der Waals surface area (Å²) < 4.78 is 18.3. The number of nitrogens with two attached hydrogens (primary N) is 1. The smallest absolute Gasteiger partial charge is 0.167 e. The van der Waals surface area contributed by atoms with Crippen molar-refractivity contribution in [1.29, 1.82) is 0 Å². The molecule has 0 saturated carbocycles. The number of hydrogen-bond acceptors (Lipinski definition) is 10. The maximum absolute atomic E-state index is 10.5. The van der Waals surface area contributed by atoms with Gasteiger partial charge in [0, 0.05) is 0 Å². The van der Waals surface area contributed by atoms with Crippen LogP contribution in [0.1, 0.15) is 24.8 Å². The molecule has 5 N–H and O–H groups in total. The number of anilines is 1. The second kappa shape index (κ2) is 8.03. The fourth-order valence-corrected chi connectivity index (χ4v) is 3.44. The number of fused-ring (bicyclic) bond motifs is 1. The molecule has 0 spiro atoms. The lowest BCUT2D eigenvalue weighted by molar-refractivity contribution is -0.0788.